The minimum Gasteiger partial charge on any atom is -0.480 e. The van der Waals surface area contributed by atoms with Crippen LogP contribution in [0.5, 0.6) is 0 Å². The Morgan fingerprint density at radius 2 is 2.40 bits per heavy atom. The number of nitrogens with zero attached hydrogens (tertiary/aromatic N) is 1. The van der Waals surface area contributed by atoms with Crippen molar-refractivity contribution in [1.82, 2.24) is 10.3 Å². The van der Waals surface area contributed by atoms with E-state index in [4.69, 9.17) is 0 Å². The highest BCUT2D eigenvalue weighted by atomic mass is 79.9. The monoisotopic (exact) mass is 358 g/mol. The van der Waals surface area contributed by atoms with Gasteiger partial charge >= 0.3 is 5.97 Å². The van der Waals surface area contributed by atoms with E-state index in [1.807, 2.05) is 26.0 Å². The Hall–Kier alpha value is -0.590. The Morgan fingerprint density at radius 1 is 1.65 bits per heavy atom. The van der Waals surface area contributed by atoms with Crippen LogP contribution in [-0.2, 0) is 4.79 Å². The number of aliphatic carboxylic acids is 1. The molecule has 2 atom stereocenters. The van der Waals surface area contributed by atoms with Crippen molar-refractivity contribution in [2.24, 2.45) is 0 Å². The number of nitrogens with one attached hydrogen (secondary N) is 1. The predicted octanol–water partition coefficient (Wildman–Crippen LogP) is 3.31. The third kappa shape index (κ3) is 3.54. The van der Waals surface area contributed by atoms with Gasteiger partial charge in [0.05, 0.1) is 0 Å². The summed E-state index contributed by atoms with van der Waals surface area (Å²) in [5, 5.41) is 14.0. The fourth-order valence-electron chi connectivity index (χ4n) is 2.66. The molecule has 0 radical (unpaired) electrons. The molecule has 4 nitrogen and oxygen atoms in total. The third-order valence-corrected chi connectivity index (χ3v) is 5.63. The van der Waals surface area contributed by atoms with Crippen LogP contribution in [0.1, 0.15) is 33.1 Å². The lowest BCUT2D eigenvalue weighted by molar-refractivity contribution is -0.145. The highest BCUT2D eigenvalue weighted by Crippen LogP contribution is 2.41. The molecule has 0 amide bonds. The Kier molecular flexibility index (Phi) is 5.09. The number of hydrogen-bond acceptors (Lipinski definition) is 4. The summed E-state index contributed by atoms with van der Waals surface area (Å²) in [5.41, 5.74) is -0.785. The van der Waals surface area contributed by atoms with Crippen molar-refractivity contribution in [3.63, 3.8) is 0 Å². The number of carbonyl (C=O) groups is 1. The first-order valence-electron chi connectivity index (χ1n) is 6.71. The summed E-state index contributed by atoms with van der Waals surface area (Å²) in [4.78, 5) is 16.0. The lowest BCUT2D eigenvalue weighted by Gasteiger charge is -2.28. The number of aromatic nitrogens is 1. The first-order chi connectivity index (χ1) is 9.43. The molecule has 1 aromatic heterocycles. The van der Waals surface area contributed by atoms with E-state index in [2.05, 4.69) is 26.2 Å². The van der Waals surface area contributed by atoms with Gasteiger partial charge in [0.25, 0.3) is 0 Å². The molecule has 110 valence electrons. The SMILES string of the molecule is CC(C)NC1(C(=O)O)CCC(Sc2ncccc2Br)C1. The molecule has 0 saturated heterocycles. The largest absolute Gasteiger partial charge is 0.480 e. The molecule has 1 saturated carbocycles. The van der Waals surface area contributed by atoms with Crippen LogP contribution in [0.3, 0.4) is 0 Å². The summed E-state index contributed by atoms with van der Waals surface area (Å²) in [6.07, 6.45) is 3.95. The van der Waals surface area contributed by atoms with Gasteiger partial charge in [-0.05, 0) is 61.2 Å². The molecule has 1 heterocycles. The van der Waals surface area contributed by atoms with Gasteiger partial charge in [-0.25, -0.2) is 4.98 Å². The second-order valence-corrected chi connectivity index (χ2v) is 7.60. The van der Waals surface area contributed by atoms with Gasteiger partial charge in [-0.2, -0.15) is 0 Å². The molecule has 2 N–H and O–H groups in total. The van der Waals surface area contributed by atoms with E-state index in [1.165, 1.54) is 0 Å². The van der Waals surface area contributed by atoms with E-state index in [-0.39, 0.29) is 11.3 Å². The maximum absolute atomic E-state index is 11.6. The Balaban J connectivity index is 2.07. The number of halogens is 1. The molecule has 0 aliphatic heterocycles. The van der Waals surface area contributed by atoms with E-state index in [0.29, 0.717) is 12.8 Å². The molecule has 6 heteroatoms. The van der Waals surface area contributed by atoms with Gasteiger partial charge in [-0.1, -0.05) is 0 Å². The van der Waals surface area contributed by atoms with Crippen LogP contribution in [0.2, 0.25) is 0 Å². The number of thioether (sulfide) groups is 1. The van der Waals surface area contributed by atoms with Gasteiger partial charge in [-0.15, -0.1) is 11.8 Å². The zero-order valence-electron chi connectivity index (χ0n) is 11.6. The van der Waals surface area contributed by atoms with Gasteiger partial charge < -0.3 is 5.11 Å². The van der Waals surface area contributed by atoms with Gasteiger partial charge in [0.15, 0.2) is 0 Å². The average molecular weight is 359 g/mol. The van der Waals surface area contributed by atoms with Crippen molar-refractivity contribution in [2.45, 2.75) is 55.0 Å². The molecule has 1 aliphatic rings. The Morgan fingerprint density at radius 3 is 3.00 bits per heavy atom. The average Bonchev–Trinajstić information content (AvgIpc) is 2.76. The van der Waals surface area contributed by atoms with Crippen molar-refractivity contribution >= 4 is 33.7 Å². The first kappa shape index (κ1) is 15.8. The summed E-state index contributed by atoms with van der Waals surface area (Å²) in [7, 11) is 0. The normalized spacial score (nSPS) is 26.1. The quantitative estimate of drug-likeness (QED) is 0.845. The van der Waals surface area contributed by atoms with Crippen LogP contribution in [0.15, 0.2) is 27.8 Å². The topological polar surface area (TPSA) is 62.2 Å². The maximum Gasteiger partial charge on any atom is 0.323 e. The minimum absolute atomic E-state index is 0.163. The van der Waals surface area contributed by atoms with Crippen LogP contribution in [-0.4, -0.2) is 32.9 Å². The van der Waals surface area contributed by atoms with Crippen molar-refractivity contribution < 1.29 is 9.90 Å². The fraction of sp³-hybridized carbons (Fsp3) is 0.571. The molecule has 2 unspecified atom stereocenters. The molecule has 0 bridgehead atoms. The van der Waals surface area contributed by atoms with E-state index in [1.54, 1.807) is 18.0 Å². The van der Waals surface area contributed by atoms with Crippen molar-refractivity contribution in [2.75, 3.05) is 0 Å². The zero-order valence-corrected chi connectivity index (χ0v) is 14.0. The molecule has 20 heavy (non-hydrogen) atoms. The number of pyridine rings is 1. The number of hydrogen-bond donors (Lipinski definition) is 2. The van der Waals surface area contributed by atoms with Crippen LogP contribution in [0.4, 0.5) is 0 Å². The Labute approximate surface area is 131 Å². The summed E-state index contributed by atoms with van der Waals surface area (Å²) in [5.74, 6) is -0.741. The molecule has 0 spiro atoms. The van der Waals surface area contributed by atoms with Gasteiger partial charge in [0.2, 0.25) is 0 Å². The summed E-state index contributed by atoms with van der Waals surface area (Å²) < 4.78 is 0.967. The highest BCUT2D eigenvalue weighted by molar-refractivity contribution is 9.10. The van der Waals surface area contributed by atoms with E-state index < -0.39 is 11.5 Å². The lowest BCUT2D eigenvalue weighted by Crippen LogP contribution is -2.53. The number of carboxylic acids is 1. The number of rotatable bonds is 5. The molecular weight excluding hydrogens is 340 g/mol. The third-order valence-electron chi connectivity index (χ3n) is 3.45. The van der Waals surface area contributed by atoms with Crippen molar-refractivity contribution in [1.29, 1.82) is 0 Å². The highest BCUT2D eigenvalue weighted by Gasteiger charge is 2.46. The molecule has 1 aromatic rings. The van der Waals surface area contributed by atoms with Crippen LogP contribution >= 0.6 is 27.7 Å². The summed E-state index contributed by atoms with van der Waals surface area (Å²) in [6.45, 7) is 3.97. The molecule has 0 aromatic carbocycles. The van der Waals surface area contributed by atoms with E-state index in [9.17, 15) is 9.90 Å². The first-order valence-corrected chi connectivity index (χ1v) is 8.38. The second kappa shape index (κ2) is 6.45. The molecule has 1 fully saturated rings. The minimum atomic E-state index is -0.785. The van der Waals surface area contributed by atoms with Gasteiger partial charge in [0, 0.05) is 22.0 Å². The molecule has 2 rings (SSSR count). The van der Waals surface area contributed by atoms with Crippen LogP contribution in [0, 0.1) is 0 Å². The zero-order chi connectivity index (χ0) is 14.8. The van der Waals surface area contributed by atoms with E-state index in [0.717, 1.165) is 15.9 Å². The van der Waals surface area contributed by atoms with Crippen molar-refractivity contribution in [3.05, 3.63) is 22.8 Å². The lowest BCUT2D eigenvalue weighted by atomic mass is 9.97. The smallest absolute Gasteiger partial charge is 0.323 e. The Bertz CT molecular complexity index is 498. The summed E-state index contributed by atoms with van der Waals surface area (Å²) >= 11 is 5.15. The van der Waals surface area contributed by atoms with Gasteiger partial charge in [-0.3, -0.25) is 10.1 Å². The maximum atomic E-state index is 11.6. The standard InChI is InChI=1S/C14H19BrN2O2S/c1-9(2)17-14(13(18)19)6-5-10(8-14)20-12-11(15)4-3-7-16-12/h3-4,7,9-10,17H,5-6,8H2,1-2H3,(H,18,19). The predicted molar refractivity (Wildman–Crippen MR) is 84.1 cm³/mol. The summed E-state index contributed by atoms with van der Waals surface area (Å²) in [6, 6.07) is 4.00. The van der Waals surface area contributed by atoms with Crippen LogP contribution in [0.25, 0.3) is 0 Å². The second-order valence-electron chi connectivity index (χ2n) is 5.46. The molecule has 1 aliphatic carbocycles. The van der Waals surface area contributed by atoms with Crippen molar-refractivity contribution in [3.8, 4) is 0 Å². The van der Waals surface area contributed by atoms with Crippen LogP contribution < -0.4 is 5.32 Å². The molecular formula is C14H19BrN2O2S. The number of carboxylic acid groups (broad SMARTS) is 1. The van der Waals surface area contributed by atoms with Gasteiger partial charge in [0.1, 0.15) is 10.6 Å². The van der Waals surface area contributed by atoms with E-state index >= 15 is 0 Å². The fourth-order valence-corrected chi connectivity index (χ4v) is 4.41.